The number of benzene rings is 1. The molecule has 21 heavy (non-hydrogen) atoms. The summed E-state index contributed by atoms with van der Waals surface area (Å²) in [6, 6.07) is 12.5. The second-order valence-corrected chi connectivity index (χ2v) is 5.93. The van der Waals surface area contributed by atoms with Gasteiger partial charge in [0.15, 0.2) is 0 Å². The van der Waals surface area contributed by atoms with Gasteiger partial charge in [0.25, 0.3) is 0 Å². The second kappa shape index (κ2) is 5.96. The van der Waals surface area contributed by atoms with Gasteiger partial charge in [0.2, 0.25) is 0 Å². The van der Waals surface area contributed by atoms with E-state index in [1.54, 1.807) is 12.4 Å². The Kier molecular flexibility index (Phi) is 4.04. The Morgan fingerprint density at radius 1 is 1.24 bits per heavy atom. The summed E-state index contributed by atoms with van der Waals surface area (Å²) in [4.78, 5) is 4.04. The molecule has 1 heterocycles. The molecule has 3 nitrogen and oxygen atoms in total. The lowest BCUT2D eigenvalue weighted by Gasteiger charge is -2.35. The number of fused-ring (bicyclic) bond motifs is 1. The number of nitrogens with one attached hydrogen (secondary N) is 1. The van der Waals surface area contributed by atoms with Gasteiger partial charge in [0.05, 0.1) is 0 Å². The van der Waals surface area contributed by atoms with Crippen LogP contribution in [0.3, 0.4) is 0 Å². The fraction of sp³-hybridized carbons (Fsp3) is 0.389. The summed E-state index contributed by atoms with van der Waals surface area (Å²) in [6.07, 6.45) is 6.54. The van der Waals surface area contributed by atoms with E-state index < -0.39 is 5.60 Å². The fourth-order valence-electron chi connectivity index (χ4n) is 3.17. The van der Waals surface area contributed by atoms with Crippen molar-refractivity contribution in [1.82, 2.24) is 10.3 Å². The van der Waals surface area contributed by atoms with Crippen LogP contribution in [-0.2, 0) is 12.0 Å². The van der Waals surface area contributed by atoms with Crippen LogP contribution in [0.25, 0.3) is 0 Å². The third-order valence-corrected chi connectivity index (χ3v) is 4.46. The van der Waals surface area contributed by atoms with Crippen molar-refractivity contribution < 1.29 is 5.11 Å². The third-order valence-electron chi connectivity index (χ3n) is 4.46. The molecule has 0 bridgehead atoms. The first kappa shape index (κ1) is 14.2. The van der Waals surface area contributed by atoms with E-state index in [-0.39, 0.29) is 6.04 Å². The number of aromatic nitrogens is 1. The van der Waals surface area contributed by atoms with Gasteiger partial charge in [-0.05, 0) is 55.0 Å². The molecule has 1 aromatic heterocycles. The van der Waals surface area contributed by atoms with Crippen LogP contribution in [0.5, 0.6) is 0 Å². The Balaban J connectivity index is 1.73. The Bertz CT molecular complexity index is 599. The molecule has 1 aliphatic rings. The molecule has 0 amide bonds. The van der Waals surface area contributed by atoms with Gasteiger partial charge in [-0.15, -0.1) is 0 Å². The molecular formula is C18H22N2O. The normalized spacial score (nSPS) is 22.6. The van der Waals surface area contributed by atoms with Crippen molar-refractivity contribution in [3.63, 3.8) is 0 Å². The van der Waals surface area contributed by atoms with Crippen molar-refractivity contribution in [2.45, 2.75) is 37.8 Å². The van der Waals surface area contributed by atoms with Crippen molar-refractivity contribution in [1.29, 1.82) is 0 Å². The van der Waals surface area contributed by atoms with Crippen molar-refractivity contribution >= 4 is 0 Å². The molecule has 110 valence electrons. The smallest absolute Gasteiger partial charge is 0.102 e. The summed E-state index contributed by atoms with van der Waals surface area (Å²) in [5.74, 6) is 0. The molecule has 2 aromatic rings. The minimum absolute atomic E-state index is 0.200. The Labute approximate surface area is 126 Å². The topological polar surface area (TPSA) is 45.1 Å². The average Bonchev–Trinajstić information content (AvgIpc) is 2.54. The molecular weight excluding hydrogens is 260 g/mol. The van der Waals surface area contributed by atoms with Crippen molar-refractivity contribution in [3.8, 4) is 0 Å². The van der Waals surface area contributed by atoms with E-state index in [1.807, 2.05) is 18.2 Å². The maximum Gasteiger partial charge on any atom is 0.102 e. The molecule has 0 radical (unpaired) electrons. The molecule has 0 spiro atoms. The predicted molar refractivity (Wildman–Crippen MR) is 83.9 cm³/mol. The number of pyridine rings is 1. The summed E-state index contributed by atoms with van der Waals surface area (Å²) in [5.41, 5.74) is 2.81. The third kappa shape index (κ3) is 2.99. The van der Waals surface area contributed by atoms with Gasteiger partial charge >= 0.3 is 0 Å². The first-order valence-electron chi connectivity index (χ1n) is 7.63. The van der Waals surface area contributed by atoms with Crippen LogP contribution >= 0.6 is 0 Å². The zero-order chi connectivity index (χ0) is 14.7. The molecule has 3 heteroatoms. The maximum atomic E-state index is 11.0. The fourth-order valence-corrected chi connectivity index (χ4v) is 3.17. The lowest BCUT2D eigenvalue weighted by molar-refractivity contribution is 0.0170. The van der Waals surface area contributed by atoms with E-state index >= 15 is 0 Å². The van der Waals surface area contributed by atoms with E-state index in [2.05, 4.69) is 35.4 Å². The first-order chi connectivity index (χ1) is 10.2. The van der Waals surface area contributed by atoms with Gasteiger partial charge in [-0.25, -0.2) is 0 Å². The number of hydrogen-bond donors (Lipinski definition) is 2. The van der Waals surface area contributed by atoms with Crippen LogP contribution in [-0.4, -0.2) is 16.6 Å². The van der Waals surface area contributed by atoms with E-state index in [4.69, 9.17) is 0 Å². The van der Waals surface area contributed by atoms with Crippen LogP contribution in [0.1, 0.15) is 42.5 Å². The SMILES string of the molecule is CC(NCC1(O)CCCc2ccccc21)c1ccncc1. The monoisotopic (exact) mass is 282 g/mol. The average molecular weight is 282 g/mol. The molecule has 2 N–H and O–H groups in total. The summed E-state index contributed by atoms with van der Waals surface area (Å²) in [5, 5.41) is 14.5. The molecule has 3 rings (SSSR count). The molecule has 1 aromatic carbocycles. The minimum Gasteiger partial charge on any atom is -0.384 e. The van der Waals surface area contributed by atoms with E-state index in [0.29, 0.717) is 6.54 Å². The first-order valence-corrected chi connectivity index (χ1v) is 7.63. The quantitative estimate of drug-likeness (QED) is 0.906. The van der Waals surface area contributed by atoms with Gasteiger partial charge in [-0.3, -0.25) is 4.98 Å². The Morgan fingerprint density at radius 3 is 2.81 bits per heavy atom. The summed E-state index contributed by atoms with van der Waals surface area (Å²) in [7, 11) is 0. The number of nitrogens with zero attached hydrogens (tertiary/aromatic N) is 1. The van der Waals surface area contributed by atoms with Gasteiger partial charge < -0.3 is 10.4 Å². The van der Waals surface area contributed by atoms with Gasteiger partial charge in [-0.1, -0.05) is 24.3 Å². The van der Waals surface area contributed by atoms with Crippen LogP contribution in [0.2, 0.25) is 0 Å². The van der Waals surface area contributed by atoms with E-state index in [1.165, 1.54) is 11.1 Å². The molecule has 0 fully saturated rings. The Hall–Kier alpha value is -1.71. The van der Waals surface area contributed by atoms with Crippen molar-refractivity contribution in [3.05, 3.63) is 65.5 Å². The summed E-state index contributed by atoms with van der Waals surface area (Å²) < 4.78 is 0. The highest BCUT2D eigenvalue weighted by Gasteiger charge is 2.34. The second-order valence-electron chi connectivity index (χ2n) is 5.93. The summed E-state index contributed by atoms with van der Waals surface area (Å²) in [6.45, 7) is 2.70. The highest BCUT2D eigenvalue weighted by atomic mass is 16.3. The molecule has 2 atom stereocenters. The largest absolute Gasteiger partial charge is 0.384 e. The number of hydrogen-bond acceptors (Lipinski definition) is 3. The Morgan fingerprint density at radius 2 is 2.00 bits per heavy atom. The van der Waals surface area contributed by atoms with Crippen LogP contribution in [0.15, 0.2) is 48.8 Å². The number of aryl methyl sites for hydroxylation is 1. The highest BCUT2D eigenvalue weighted by molar-refractivity contribution is 5.35. The zero-order valence-electron chi connectivity index (χ0n) is 12.4. The van der Waals surface area contributed by atoms with Gasteiger partial charge in [0.1, 0.15) is 5.60 Å². The summed E-state index contributed by atoms with van der Waals surface area (Å²) >= 11 is 0. The highest BCUT2D eigenvalue weighted by Crippen LogP contribution is 2.35. The maximum absolute atomic E-state index is 11.0. The molecule has 1 aliphatic carbocycles. The lowest BCUT2D eigenvalue weighted by Crippen LogP contribution is -2.41. The zero-order valence-corrected chi connectivity index (χ0v) is 12.4. The van der Waals surface area contributed by atoms with Gasteiger partial charge in [-0.2, -0.15) is 0 Å². The lowest BCUT2D eigenvalue weighted by atomic mass is 9.79. The van der Waals surface area contributed by atoms with Crippen molar-refractivity contribution in [2.75, 3.05) is 6.54 Å². The van der Waals surface area contributed by atoms with Crippen LogP contribution < -0.4 is 5.32 Å². The molecule has 0 saturated heterocycles. The van der Waals surface area contributed by atoms with E-state index in [0.717, 1.165) is 24.8 Å². The minimum atomic E-state index is -0.754. The number of aliphatic hydroxyl groups is 1. The van der Waals surface area contributed by atoms with E-state index in [9.17, 15) is 5.11 Å². The number of rotatable bonds is 4. The van der Waals surface area contributed by atoms with Crippen molar-refractivity contribution in [2.24, 2.45) is 0 Å². The van der Waals surface area contributed by atoms with Gasteiger partial charge in [0, 0.05) is 25.0 Å². The van der Waals surface area contributed by atoms with Crippen LogP contribution in [0.4, 0.5) is 0 Å². The molecule has 0 aliphatic heterocycles. The standard InChI is InChI=1S/C18H22N2O/c1-14(15-8-11-19-12-9-15)20-13-18(21)10-4-6-16-5-2-3-7-17(16)18/h2-3,5,7-9,11-12,14,20-21H,4,6,10,13H2,1H3. The molecule has 0 saturated carbocycles. The van der Waals surface area contributed by atoms with Crippen LogP contribution in [0, 0.1) is 0 Å². The predicted octanol–water partition coefficient (Wildman–Crippen LogP) is 2.96. The molecule has 2 unspecified atom stereocenters.